The van der Waals surface area contributed by atoms with E-state index in [-0.39, 0.29) is 8.68 Å². The highest BCUT2D eigenvalue weighted by Gasteiger charge is 2.20. The number of nitrogens with two attached hydrogens (primary N) is 2. The maximum absolute atomic E-state index is 11.3. The fraction of sp³-hybridized carbons (Fsp3) is 0.0476. The highest BCUT2D eigenvalue weighted by molar-refractivity contribution is 7.91. The molecule has 4 heterocycles. The minimum atomic E-state index is -3.78. The number of aromatic nitrogens is 6. The van der Waals surface area contributed by atoms with Crippen LogP contribution in [0.1, 0.15) is 5.69 Å². The summed E-state index contributed by atoms with van der Waals surface area (Å²) in [7, 11) is -7.55. The topological polar surface area (TPSA) is 181 Å². The maximum Gasteiger partial charge on any atom is 0.267 e. The molecule has 6 rings (SSSR count). The Kier molecular flexibility index (Phi) is 6.38. The van der Waals surface area contributed by atoms with Crippen molar-refractivity contribution in [3.63, 3.8) is 0 Å². The van der Waals surface area contributed by atoms with Crippen LogP contribution >= 0.6 is 22.7 Å². The molecule has 0 spiro atoms. The molecule has 0 saturated carbocycles. The third-order valence-electron chi connectivity index (χ3n) is 5.04. The van der Waals surface area contributed by atoms with Crippen molar-refractivity contribution < 1.29 is 16.8 Å². The molecule has 16 heteroatoms. The van der Waals surface area contributed by atoms with E-state index < -0.39 is 20.0 Å². The van der Waals surface area contributed by atoms with Gasteiger partial charge in [-0.15, -0.1) is 10.2 Å². The van der Waals surface area contributed by atoms with Crippen LogP contribution in [0, 0.1) is 6.92 Å². The largest absolute Gasteiger partial charge is 0.267 e. The molecule has 0 fully saturated rings. The lowest BCUT2D eigenvalue weighted by Gasteiger charge is -1.97. The SMILES string of the molecule is Cc1c(-c2ccccc2)nc2sc(S(N)(=O)=O)nn12.NS(=O)(=O)c1nn2cc(-c3ccccc3)nc2s1. The van der Waals surface area contributed by atoms with Gasteiger partial charge in [-0.25, -0.2) is 46.1 Å². The van der Waals surface area contributed by atoms with E-state index in [1.165, 1.54) is 9.03 Å². The maximum atomic E-state index is 11.3. The Morgan fingerprint density at radius 1 is 0.730 bits per heavy atom. The summed E-state index contributed by atoms with van der Waals surface area (Å²) in [6.07, 6.45) is 1.68. The van der Waals surface area contributed by atoms with Crippen LogP contribution in [0.25, 0.3) is 32.4 Å². The van der Waals surface area contributed by atoms with Crippen LogP contribution < -0.4 is 10.3 Å². The van der Waals surface area contributed by atoms with Gasteiger partial charge in [0.15, 0.2) is 0 Å². The van der Waals surface area contributed by atoms with Crippen molar-refractivity contribution in [3.05, 3.63) is 72.6 Å². The first kappa shape index (κ1) is 25.1. The molecule has 37 heavy (non-hydrogen) atoms. The van der Waals surface area contributed by atoms with E-state index in [9.17, 15) is 16.8 Å². The van der Waals surface area contributed by atoms with Gasteiger partial charge in [0.05, 0.1) is 23.3 Å². The standard InChI is InChI=1S/C11H10N4O2S2.C10H8N4O2S2/c1-7-9(8-5-3-2-4-6-8)13-10-15(7)14-11(18-10)19(12,16)17;11-18(15,16)10-13-14-6-8(12-9(14)17-10)7-4-2-1-3-5-7/h2-6H,1H3,(H2,12,16,17);1-6H,(H2,11,15,16). The van der Waals surface area contributed by atoms with Crippen LogP contribution in [0.15, 0.2) is 75.5 Å². The lowest BCUT2D eigenvalue weighted by atomic mass is 10.1. The Morgan fingerprint density at radius 2 is 1.27 bits per heavy atom. The van der Waals surface area contributed by atoms with Gasteiger partial charge in [-0.2, -0.15) is 0 Å². The Balaban J connectivity index is 0.000000152. The molecular formula is C21H18N8O4S4. The van der Waals surface area contributed by atoms with Crippen LogP contribution in [-0.2, 0) is 20.0 Å². The van der Waals surface area contributed by atoms with E-state index in [2.05, 4.69) is 20.2 Å². The molecule has 0 aliphatic heterocycles. The quantitative estimate of drug-likeness (QED) is 0.322. The molecule has 0 amide bonds. The van der Waals surface area contributed by atoms with E-state index in [4.69, 9.17) is 10.3 Å². The lowest BCUT2D eigenvalue weighted by molar-refractivity contribution is 0.593. The van der Waals surface area contributed by atoms with Crippen molar-refractivity contribution >= 4 is 52.6 Å². The summed E-state index contributed by atoms with van der Waals surface area (Å²) in [5.41, 5.74) is 4.24. The third kappa shape index (κ3) is 5.15. The summed E-state index contributed by atoms with van der Waals surface area (Å²) in [6, 6.07) is 19.2. The summed E-state index contributed by atoms with van der Waals surface area (Å²) in [5, 5.41) is 17.9. The predicted molar refractivity (Wildman–Crippen MR) is 140 cm³/mol. The van der Waals surface area contributed by atoms with Crippen molar-refractivity contribution in [3.8, 4) is 22.5 Å². The van der Waals surface area contributed by atoms with E-state index in [1.54, 1.807) is 6.20 Å². The molecule has 0 radical (unpaired) electrons. The number of imidazole rings is 2. The Morgan fingerprint density at radius 3 is 1.81 bits per heavy atom. The molecule has 2 aromatic carbocycles. The van der Waals surface area contributed by atoms with Gasteiger partial charge in [0.25, 0.3) is 20.0 Å². The molecule has 0 saturated heterocycles. The Labute approximate surface area is 219 Å². The van der Waals surface area contributed by atoms with Gasteiger partial charge in [-0.3, -0.25) is 0 Å². The summed E-state index contributed by atoms with van der Waals surface area (Å²) in [4.78, 5) is 9.74. The second-order valence-electron chi connectivity index (χ2n) is 7.65. The van der Waals surface area contributed by atoms with Gasteiger partial charge >= 0.3 is 0 Å². The number of primary sulfonamides is 2. The van der Waals surface area contributed by atoms with Gasteiger partial charge in [0, 0.05) is 11.1 Å². The van der Waals surface area contributed by atoms with E-state index in [0.29, 0.717) is 9.92 Å². The van der Waals surface area contributed by atoms with Crippen molar-refractivity contribution in [1.82, 2.24) is 29.2 Å². The third-order valence-corrected chi connectivity index (χ3v) is 9.49. The highest BCUT2D eigenvalue weighted by atomic mass is 32.3. The lowest BCUT2D eigenvalue weighted by Crippen LogP contribution is -2.12. The van der Waals surface area contributed by atoms with Gasteiger partial charge in [-0.05, 0) is 6.92 Å². The highest BCUT2D eigenvalue weighted by Crippen LogP contribution is 2.27. The molecule has 4 N–H and O–H groups in total. The number of aryl methyl sites for hydroxylation is 1. The molecule has 0 bridgehead atoms. The number of rotatable bonds is 4. The van der Waals surface area contributed by atoms with Crippen LogP contribution in [0.5, 0.6) is 0 Å². The van der Waals surface area contributed by atoms with Crippen LogP contribution in [0.3, 0.4) is 0 Å². The average molecular weight is 575 g/mol. The van der Waals surface area contributed by atoms with Gasteiger partial charge in [0.1, 0.15) is 0 Å². The van der Waals surface area contributed by atoms with Crippen LogP contribution in [-0.4, -0.2) is 46.0 Å². The Hall–Kier alpha value is -3.54. The molecule has 12 nitrogen and oxygen atoms in total. The summed E-state index contributed by atoms with van der Waals surface area (Å²) < 4.78 is 47.5. The molecule has 0 atom stereocenters. The van der Waals surface area contributed by atoms with Crippen molar-refractivity contribution in [2.45, 2.75) is 15.6 Å². The minimum absolute atomic E-state index is 0.127. The number of benzene rings is 2. The summed E-state index contributed by atoms with van der Waals surface area (Å²) >= 11 is 1.91. The fourth-order valence-corrected chi connectivity index (χ4v) is 6.43. The van der Waals surface area contributed by atoms with E-state index in [1.807, 2.05) is 67.6 Å². The van der Waals surface area contributed by atoms with Crippen LogP contribution in [0.4, 0.5) is 0 Å². The normalized spacial score (nSPS) is 12.1. The first-order valence-corrected chi connectivity index (χ1v) is 15.1. The molecule has 0 aliphatic rings. The zero-order chi connectivity index (χ0) is 26.4. The molecule has 4 aromatic heterocycles. The second-order valence-corrected chi connectivity index (χ2v) is 13.0. The number of sulfonamides is 2. The average Bonchev–Trinajstić information content (AvgIpc) is 3.60. The first-order chi connectivity index (χ1) is 17.5. The summed E-state index contributed by atoms with van der Waals surface area (Å²) in [5.74, 6) is 0. The smallest absolute Gasteiger partial charge is 0.223 e. The van der Waals surface area contributed by atoms with Crippen molar-refractivity contribution in [2.24, 2.45) is 10.3 Å². The predicted octanol–water partition coefficient (Wildman–Crippen LogP) is 2.52. The molecular weight excluding hydrogens is 557 g/mol. The van der Waals surface area contributed by atoms with Gasteiger partial charge < -0.3 is 0 Å². The number of hydrogen-bond acceptors (Lipinski definition) is 10. The number of nitrogens with zero attached hydrogens (tertiary/aromatic N) is 6. The number of hydrogen-bond donors (Lipinski definition) is 2. The minimum Gasteiger partial charge on any atom is -0.223 e. The van der Waals surface area contributed by atoms with E-state index >= 15 is 0 Å². The van der Waals surface area contributed by atoms with Crippen molar-refractivity contribution in [2.75, 3.05) is 0 Å². The van der Waals surface area contributed by atoms with E-state index in [0.717, 1.165) is 50.9 Å². The van der Waals surface area contributed by atoms with Gasteiger partial charge in [-0.1, -0.05) is 83.3 Å². The van der Waals surface area contributed by atoms with Crippen LogP contribution in [0.2, 0.25) is 0 Å². The fourth-order valence-electron chi connectivity index (χ4n) is 3.36. The summed E-state index contributed by atoms with van der Waals surface area (Å²) in [6.45, 7) is 1.84. The zero-order valence-corrected chi connectivity index (χ0v) is 22.2. The number of fused-ring (bicyclic) bond motifs is 2. The zero-order valence-electron chi connectivity index (χ0n) is 19.0. The second kappa shape index (κ2) is 9.40. The monoisotopic (exact) mass is 574 g/mol. The van der Waals surface area contributed by atoms with Crippen molar-refractivity contribution in [1.29, 1.82) is 0 Å². The van der Waals surface area contributed by atoms with Gasteiger partial charge in [0.2, 0.25) is 18.6 Å². The molecule has 0 aliphatic carbocycles. The first-order valence-electron chi connectivity index (χ1n) is 10.4. The Bertz CT molecular complexity index is 1910. The molecule has 190 valence electrons. The molecule has 0 unspecified atom stereocenters. The molecule has 6 aromatic rings.